The molecule has 0 radical (unpaired) electrons. The summed E-state index contributed by atoms with van der Waals surface area (Å²) in [6.45, 7) is 7.27. The standard InChI is InChI=1S/C16H26N2S/c1-2-18(12-13-6-9-17-10-7-13)15-4-3-5-16-14(15)8-11-19-16/h8,11,13,15,17H,2-7,9-10,12H2,1H3. The Hall–Kier alpha value is -0.380. The number of nitrogens with one attached hydrogen (secondary N) is 1. The van der Waals surface area contributed by atoms with Crippen LogP contribution >= 0.6 is 11.3 Å². The third kappa shape index (κ3) is 3.04. The molecule has 1 aliphatic heterocycles. The molecule has 3 rings (SSSR count). The van der Waals surface area contributed by atoms with Gasteiger partial charge in [-0.1, -0.05) is 6.92 Å². The SMILES string of the molecule is CCN(CC1CCNCC1)C1CCCc2sccc21. The highest BCUT2D eigenvalue weighted by atomic mass is 32.1. The van der Waals surface area contributed by atoms with Crippen LogP contribution in [-0.4, -0.2) is 31.1 Å². The summed E-state index contributed by atoms with van der Waals surface area (Å²) >= 11 is 1.97. The highest BCUT2D eigenvalue weighted by molar-refractivity contribution is 7.10. The second kappa shape index (κ2) is 6.38. The third-order valence-corrected chi connectivity index (χ3v) is 5.82. The van der Waals surface area contributed by atoms with E-state index in [1.165, 1.54) is 58.3 Å². The zero-order valence-electron chi connectivity index (χ0n) is 12.0. The van der Waals surface area contributed by atoms with Crippen LogP contribution in [0.2, 0.25) is 0 Å². The van der Waals surface area contributed by atoms with E-state index in [4.69, 9.17) is 0 Å². The molecular formula is C16H26N2S. The van der Waals surface area contributed by atoms with E-state index in [0.717, 1.165) is 5.92 Å². The molecule has 0 aromatic carbocycles. The van der Waals surface area contributed by atoms with Gasteiger partial charge in [-0.3, -0.25) is 4.90 Å². The smallest absolute Gasteiger partial charge is 0.0359 e. The van der Waals surface area contributed by atoms with Crippen LogP contribution in [0.4, 0.5) is 0 Å². The summed E-state index contributed by atoms with van der Waals surface area (Å²) in [5, 5.41) is 5.77. The van der Waals surface area contributed by atoms with Crippen molar-refractivity contribution in [3.63, 3.8) is 0 Å². The van der Waals surface area contributed by atoms with E-state index >= 15 is 0 Å². The van der Waals surface area contributed by atoms with Gasteiger partial charge in [0.25, 0.3) is 0 Å². The predicted molar refractivity (Wildman–Crippen MR) is 82.8 cm³/mol. The van der Waals surface area contributed by atoms with Crippen molar-refractivity contribution in [2.75, 3.05) is 26.2 Å². The molecule has 19 heavy (non-hydrogen) atoms. The van der Waals surface area contributed by atoms with Gasteiger partial charge >= 0.3 is 0 Å². The lowest BCUT2D eigenvalue weighted by Gasteiger charge is -2.37. The molecule has 1 N–H and O–H groups in total. The van der Waals surface area contributed by atoms with E-state index in [0.29, 0.717) is 6.04 Å². The lowest BCUT2D eigenvalue weighted by atomic mass is 9.90. The molecule has 3 heteroatoms. The first kappa shape index (κ1) is 13.6. The van der Waals surface area contributed by atoms with Gasteiger partial charge in [-0.25, -0.2) is 0 Å². The van der Waals surface area contributed by atoms with Crippen LogP contribution in [0.15, 0.2) is 11.4 Å². The number of hydrogen-bond acceptors (Lipinski definition) is 3. The van der Waals surface area contributed by atoms with Gasteiger partial charge in [-0.2, -0.15) is 0 Å². The second-order valence-corrected chi connectivity index (χ2v) is 6.99. The molecule has 0 spiro atoms. The van der Waals surface area contributed by atoms with Gasteiger partial charge < -0.3 is 5.32 Å². The Morgan fingerprint density at radius 2 is 2.16 bits per heavy atom. The monoisotopic (exact) mass is 278 g/mol. The Morgan fingerprint density at radius 3 is 2.95 bits per heavy atom. The van der Waals surface area contributed by atoms with Crippen molar-refractivity contribution in [3.05, 3.63) is 21.9 Å². The van der Waals surface area contributed by atoms with Gasteiger partial charge in [-0.15, -0.1) is 11.3 Å². The van der Waals surface area contributed by atoms with E-state index in [-0.39, 0.29) is 0 Å². The van der Waals surface area contributed by atoms with Crippen LogP contribution < -0.4 is 5.32 Å². The molecule has 2 heterocycles. The fourth-order valence-electron chi connectivity index (χ4n) is 3.71. The molecule has 1 unspecified atom stereocenters. The zero-order chi connectivity index (χ0) is 13.1. The van der Waals surface area contributed by atoms with E-state index in [9.17, 15) is 0 Å². The second-order valence-electron chi connectivity index (χ2n) is 5.99. The topological polar surface area (TPSA) is 15.3 Å². The normalized spacial score (nSPS) is 24.6. The van der Waals surface area contributed by atoms with Crippen molar-refractivity contribution in [3.8, 4) is 0 Å². The molecule has 106 valence electrons. The first-order valence-corrected chi connectivity index (χ1v) is 8.77. The molecule has 1 atom stereocenters. The molecule has 0 amide bonds. The maximum absolute atomic E-state index is 3.48. The average molecular weight is 278 g/mol. The molecule has 1 aromatic rings. The highest BCUT2D eigenvalue weighted by Crippen LogP contribution is 2.37. The van der Waals surface area contributed by atoms with Crippen molar-refractivity contribution in [2.24, 2.45) is 5.92 Å². The maximum atomic E-state index is 3.48. The maximum Gasteiger partial charge on any atom is 0.0359 e. The van der Waals surface area contributed by atoms with Gasteiger partial charge in [0.1, 0.15) is 0 Å². The van der Waals surface area contributed by atoms with Crippen molar-refractivity contribution in [2.45, 2.75) is 45.1 Å². The average Bonchev–Trinajstić information content (AvgIpc) is 2.94. The van der Waals surface area contributed by atoms with E-state index < -0.39 is 0 Å². The van der Waals surface area contributed by atoms with Crippen LogP contribution in [0.3, 0.4) is 0 Å². The fraction of sp³-hybridized carbons (Fsp3) is 0.750. The van der Waals surface area contributed by atoms with Crippen molar-refractivity contribution in [1.29, 1.82) is 0 Å². The van der Waals surface area contributed by atoms with E-state index in [2.05, 4.69) is 28.6 Å². The van der Waals surface area contributed by atoms with Gasteiger partial charge in [-0.05, 0) is 74.7 Å². The first-order chi connectivity index (χ1) is 9.38. The van der Waals surface area contributed by atoms with Crippen LogP contribution in [0.5, 0.6) is 0 Å². The highest BCUT2D eigenvalue weighted by Gasteiger charge is 2.27. The van der Waals surface area contributed by atoms with Crippen LogP contribution in [0.1, 0.15) is 49.1 Å². The van der Waals surface area contributed by atoms with Gasteiger partial charge in [0.2, 0.25) is 0 Å². The lowest BCUT2D eigenvalue weighted by molar-refractivity contribution is 0.146. The summed E-state index contributed by atoms with van der Waals surface area (Å²) in [6, 6.07) is 3.09. The Bertz CT molecular complexity index is 395. The van der Waals surface area contributed by atoms with Crippen molar-refractivity contribution >= 4 is 11.3 Å². The molecule has 1 fully saturated rings. The molecule has 2 aliphatic rings. The van der Waals surface area contributed by atoms with Crippen LogP contribution in [0, 0.1) is 5.92 Å². The Morgan fingerprint density at radius 1 is 1.32 bits per heavy atom. The largest absolute Gasteiger partial charge is 0.317 e. The summed E-state index contributed by atoms with van der Waals surface area (Å²) in [5.74, 6) is 0.908. The number of rotatable bonds is 4. The van der Waals surface area contributed by atoms with Crippen molar-refractivity contribution < 1.29 is 0 Å². The number of piperidine rings is 1. The minimum atomic E-state index is 0.704. The zero-order valence-corrected chi connectivity index (χ0v) is 12.8. The van der Waals surface area contributed by atoms with Crippen LogP contribution in [0.25, 0.3) is 0 Å². The summed E-state index contributed by atoms with van der Waals surface area (Å²) in [6.07, 6.45) is 6.78. The predicted octanol–water partition coefficient (Wildman–Crippen LogP) is 3.45. The van der Waals surface area contributed by atoms with Gasteiger partial charge in [0.15, 0.2) is 0 Å². The molecular weight excluding hydrogens is 252 g/mol. The molecule has 2 nitrogen and oxygen atoms in total. The number of fused-ring (bicyclic) bond motifs is 1. The van der Waals surface area contributed by atoms with Gasteiger partial charge in [0, 0.05) is 17.5 Å². The summed E-state index contributed by atoms with van der Waals surface area (Å²) in [7, 11) is 0. The van der Waals surface area contributed by atoms with Gasteiger partial charge in [0.05, 0.1) is 0 Å². The molecule has 1 saturated heterocycles. The summed E-state index contributed by atoms with van der Waals surface area (Å²) < 4.78 is 0. The molecule has 1 aliphatic carbocycles. The number of thiophene rings is 1. The molecule has 0 saturated carbocycles. The first-order valence-electron chi connectivity index (χ1n) is 7.89. The van der Waals surface area contributed by atoms with Crippen LogP contribution in [-0.2, 0) is 6.42 Å². The lowest BCUT2D eigenvalue weighted by Crippen LogP contribution is -2.38. The number of hydrogen-bond donors (Lipinski definition) is 1. The number of nitrogens with zero attached hydrogens (tertiary/aromatic N) is 1. The van der Waals surface area contributed by atoms with E-state index in [1.807, 2.05) is 11.3 Å². The minimum Gasteiger partial charge on any atom is -0.317 e. The minimum absolute atomic E-state index is 0.704. The van der Waals surface area contributed by atoms with E-state index in [1.54, 1.807) is 10.4 Å². The molecule has 0 bridgehead atoms. The fourth-order valence-corrected chi connectivity index (χ4v) is 4.70. The third-order valence-electron chi connectivity index (χ3n) is 4.82. The Kier molecular flexibility index (Phi) is 4.57. The van der Waals surface area contributed by atoms with Crippen molar-refractivity contribution in [1.82, 2.24) is 10.2 Å². The summed E-state index contributed by atoms with van der Waals surface area (Å²) in [4.78, 5) is 4.40. The quantitative estimate of drug-likeness (QED) is 0.907. The summed E-state index contributed by atoms with van der Waals surface area (Å²) in [5.41, 5.74) is 1.65. The molecule has 1 aromatic heterocycles. The Labute approximate surface area is 121 Å². The number of aryl methyl sites for hydroxylation is 1. The Balaban J connectivity index is 1.69.